The molecule has 0 spiro atoms. The molecule has 1 rings (SSSR count). The highest BCUT2D eigenvalue weighted by molar-refractivity contribution is 9.10. The lowest BCUT2D eigenvalue weighted by molar-refractivity contribution is 0.435. The van der Waals surface area contributed by atoms with E-state index in [9.17, 15) is 8.42 Å². The van der Waals surface area contributed by atoms with Gasteiger partial charge in [-0.2, -0.15) is 0 Å². The van der Waals surface area contributed by atoms with Crippen LogP contribution in [0.5, 0.6) is 0 Å². The summed E-state index contributed by atoms with van der Waals surface area (Å²) < 4.78 is 25.4. The number of halogens is 1. The van der Waals surface area contributed by atoms with Crippen molar-refractivity contribution in [2.24, 2.45) is 5.92 Å². The third-order valence-electron chi connectivity index (χ3n) is 2.83. The number of benzene rings is 1. The highest BCUT2D eigenvalue weighted by Gasteiger charge is 2.23. The molecule has 0 fully saturated rings. The van der Waals surface area contributed by atoms with Gasteiger partial charge in [0.15, 0.2) is 9.84 Å². The molecule has 1 unspecified atom stereocenters. The van der Waals surface area contributed by atoms with Gasteiger partial charge in [-0.3, -0.25) is 0 Å². The number of nitrogens with one attached hydrogen (secondary N) is 1. The van der Waals surface area contributed by atoms with Crippen LogP contribution in [0.25, 0.3) is 0 Å². The molecule has 0 aliphatic heterocycles. The predicted molar refractivity (Wildman–Crippen MR) is 78.5 cm³/mol. The zero-order valence-corrected chi connectivity index (χ0v) is 13.4. The first kappa shape index (κ1) is 15.7. The van der Waals surface area contributed by atoms with Crippen LogP contribution in [0.2, 0.25) is 0 Å². The molecular weight excluding hydrogens is 314 g/mol. The fourth-order valence-electron chi connectivity index (χ4n) is 1.74. The average molecular weight is 334 g/mol. The van der Waals surface area contributed by atoms with Gasteiger partial charge in [0.05, 0.1) is 10.6 Å². The van der Waals surface area contributed by atoms with Crippen molar-refractivity contribution in [1.82, 2.24) is 5.32 Å². The van der Waals surface area contributed by atoms with Gasteiger partial charge in [0.2, 0.25) is 0 Å². The van der Waals surface area contributed by atoms with Crippen molar-refractivity contribution in [3.8, 4) is 0 Å². The van der Waals surface area contributed by atoms with Crippen LogP contribution >= 0.6 is 15.9 Å². The molecule has 0 amide bonds. The first-order valence-electron chi connectivity index (χ1n) is 6.08. The minimum atomic E-state index is -3.24. The summed E-state index contributed by atoms with van der Waals surface area (Å²) in [5.74, 6) is 0.418. The summed E-state index contributed by atoms with van der Waals surface area (Å²) in [5, 5.41) is 3.23. The minimum Gasteiger partial charge on any atom is -0.313 e. The molecule has 0 saturated heterocycles. The summed E-state index contributed by atoms with van der Waals surface area (Å²) in [6.45, 7) is 6.82. The van der Waals surface area contributed by atoms with Crippen LogP contribution < -0.4 is 5.32 Å². The molecule has 1 N–H and O–H groups in total. The van der Waals surface area contributed by atoms with Crippen molar-refractivity contribution in [3.05, 3.63) is 28.7 Å². The fraction of sp³-hybridized carbons (Fsp3) is 0.538. The molecule has 3 nitrogen and oxygen atoms in total. The van der Waals surface area contributed by atoms with E-state index in [1.54, 1.807) is 18.2 Å². The second-order valence-corrected chi connectivity index (χ2v) is 7.60. The van der Waals surface area contributed by atoms with E-state index >= 15 is 0 Å². The highest BCUT2D eigenvalue weighted by Crippen LogP contribution is 2.19. The molecule has 0 radical (unpaired) electrons. The van der Waals surface area contributed by atoms with Gasteiger partial charge in [-0.15, -0.1) is 0 Å². The fourth-order valence-corrected chi connectivity index (χ4v) is 4.05. The van der Waals surface area contributed by atoms with Crippen LogP contribution in [0.3, 0.4) is 0 Å². The second kappa shape index (κ2) is 6.68. The molecule has 0 aromatic heterocycles. The van der Waals surface area contributed by atoms with E-state index in [1.807, 2.05) is 26.8 Å². The summed E-state index contributed by atoms with van der Waals surface area (Å²) in [6.07, 6.45) is 0. The Labute approximate surface area is 118 Å². The molecule has 1 aromatic rings. The quantitative estimate of drug-likeness (QED) is 0.870. The van der Waals surface area contributed by atoms with E-state index in [4.69, 9.17) is 0 Å². The molecule has 0 aliphatic rings. The molecular formula is C13H20BrNO2S. The largest absolute Gasteiger partial charge is 0.313 e. The van der Waals surface area contributed by atoms with E-state index in [2.05, 4.69) is 21.2 Å². The Morgan fingerprint density at radius 2 is 2.00 bits per heavy atom. The van der Waals surface area contributed by atoms with E-state index in [0.717, 1.165) is 11.0 Å². The third-order valence-corrected chi connectivity index (χ3v) is 5.09. The standard InChI is InChI=1S/C13H20BrNO2S/c1-4-15-13(10(2)3)9-18(16,17)12-7-5-6-11(14)8-12/h5-8,10,13,15H,4,9H2,1-3H3. The second-order valence-electron chi connectivity index (χ2n) is 4.65. The Morgan fingerprint density at radius 1 is 1.33 bits per heavy atom. The van der Waals surface area contributed by atoms with Gasteiger partial charge in [-0.05, 0) is 30.7 Å². The maximum absolute atomic E-state index is 12.3. The maximum atomic E-state index is 12.3. The normalized spacial score (nSPS) is 13.8. The van der Waals surface area contributed by atoms with Crippen LogP contribution in [-0.4, -0.2) is 26.8 Å². The molecule has 5 heteroatoms. The molecule has 0 aliphatic carbocycles. The van der Waals surface area contributed by atoms with Gasteiger partial charge < -0.3 is 5.32 Å². The maximum Gasteiger partial charge on any atom is 0.179 e. The highest BCUT2D eigenvalue weighted by atomic mass is 79.9. The minimum absolute atomic E-state index is 0.0148. The topological polar surface area (TPSA) is 46.2 Å². The number of hydrogen-bond acceptors (Lipinski definition) is 3. The van der Waals surface area contributed by atoms with Crippen molar-refractivity contribution in [3.63, 3.8) is 0 Å². The molecule has 1 aromatic carbocycles. The Bertz CT molecular complexity index is 486. The first-order valence-corrected chi connectivity index (χ1v) is 8.53. The van der Waals surface area contributed by atoms with Gasteiger partial charge in [-0.25, -0.2) is 8.42 Å². The van der Waals surface area contributed by atoms with Crippen LogP contribution in [0.15, 0.2) is 33.6 Å². The van der Waals surface area contributed by atoms with Gasteiger partial charge in [0, 0.05) is 10.5 Å². The molecule has 0 heterocycles. The molecule has 102 valence electrons. The summed E-state index contributed by atoms with van der Waals surface area (Å²) in [7, 11) is -3.24. The summed E-state index contributed by atoms with van der Waals surface area (Å²) in [6, 6.07) is 6.85. The van der Waals surface area contributed by atoms with Gasteiger partial charge in [-0.1, -0.05) is 42.8 Å². The summed E-state index contributed by atoms with van der Waals surface area (Å²) in [4.78, 5) is 0.375. The Balaban J connectivity index is 2.93. The van der Waals surface area contributed by atoms with E-state index < -0.39 is 9.84 Å². The van der Waals surface area contributed by atoms with E-state index in [-0.39, 0.29) is 17.7 Å². The Morgan fingerprint density at radius 3 is 2.50 bits per heavy atom. The van der Waals surface area contributed by atoms with Gasteiger partial charge in [0.25, 0.3) is 0 Å². The SMILES string of the molecule is CCNC(CS(=O)(=O)c1cccc(Br)c1)C(C)C. The zero-order valence-electron chi connectivity index (χ0n) is 11.0. The summed E-state index contributed by atoms with van der Waals surface area (Å²) >= 11 is 3.30. The molecule has 0 bridgehead atoms. The number of rotatable bonds is 6. The van der Waals surface area contributed by atoms with Crippen LogP contribution in [0.4, 0.5) is 0 Å². The molecule has 0 saturated carbocycles. The van der Waals surface area contributed by atoms with Crippen molar-refractivity contribution < 1.29 is 8.42 Å². The smallest absolute Gasteiger partial charge is 0.179 e. The van der Waals surface area contributed by atoms with Crippen molar-refractivity contribution in [1.29, 1.82) is 0 Å². The number of hydrogen-bond donors (Lipinski definition) is 1. The Kier molecular flexibility index (Phi) is 5.82. The van der Waals surface area contributed by atoms with Crippen molar-refractivity contribution in [2.75, 3.05) is 12.3 Å². The van der Waals surface area contributed by atoms with E-state index in [0.29, 0.717) is 4.90 Å². The van der Waals surface area contributed by atoms with Crippen molar-refractivity contribution in [2.45, 2.75) is 31.7 Å². The van der Waals surface area contributed by atoms with Gasteiger partial charge in [0.1, 0.15) is 0 Å². The van der Waals surface area contributed by atoms with Crippen LogP contribution in [0, 0.1) is 5.92 Å². The average Bonchev–Trinajstić information content (AvgIpc) is 2.28. The number of sulfone groups is 1. The van der Waals surface area contributed by atoms with Crippen LogP contribution in [-0.2, 0) is 9.84 Å². The predicted octanol–water partition coefficient (Wildman–Crippen LogP) is 2.86. The molecule has 1 atom stereocenters. The third kappa shape index (κ3) is 4.37. The molecule has 18 heavy (non-hydrogen) atoms. The van der Waals surface area contributed by atoms with E-state index in [1.165, 1.54) is 0 Å². The lowest BCUT2D eigenvalue weighted by atomic mass is 10.1. The van der Waals surface area contributed by atoms with Crippen molar-refractivity contribution >= 4 is 25.8 Å². The monoisotopic (exact) mass is 333 g/mol. The van der Waals surface area contributed by atoms with Crippen LogP contribution in [0.1, 0.15) is 20.8 Å². The Hall–Kier alpha value is -0.390. The first-order chi connectivity index (χ1) is 8.36. The lowest BCUT2D eigenvalue weighted by Crippen LogP contribution is -2.39. The summed E-state index contributed by atoms with van der Waals surface area (Å²) in [5.41, 5.74) is 0. The van der Waals surface area contributed by atoms with Gasteiger partial charge >= 0.3 is 0 Å². The lowest BCUT2D eigenvalue weighted by Gasteiger charge is -2.21. The zero-order chi connectivity index (χ0) is 13.8.